The van der Waals surface area contributed by atoms with Gasteiger partial charge in [-0.15, -0.1) is 0 Å². The first-order valence-corrected chi connectivity index (χ1v) is 12.4. The molecule has 5 rings (SSSR count). The second-order valence-electron chi connectivity index (χ2n) is 9.76. The van der Waals surface area contributed by atoms with Crippen LogP contribution < -0.4 is 0 Å². The number of allylic oxidation sites excluding steroid dienone is 4. The van der Waals surface area contributed by atoms with Gasteiger partial charge >= 0.3 is 5.97 Å². The van der Waals surface area contributed by atoms with Gasteiger partial charge in [0.15, 0.2) is 0 Å². The Morgan fingerprint density at radius 2 is 1.65 bits per heavy atom. The van der Waals surface area contributed by atoms with E-state index < -0.39 is 0 Å². The van der Waals surface area contributed by atoms with Crippen LogP contribution in [0.1, 0.15) is 68.1 Å². The van der Waals surface area contributed by atoms with Gasteiger partial charge in [0.2, 0.25) is 0 Å². The van der Waals surface area contributed by atoms with Gasteiger partial charge in [-0.3, -0.25) is 4.79 Å². The SMILES string of the molecule is C=C1C(CC)c2ccccc2C1C1CC2=CC(C)=C(C(=O)OCC)C(c3ccccc3)C2C1=O. The molecule has 0 saturated heterocycles. The Bertz CT molecular complexity index is 1220. The Balaban J connectivity index is 1.59. The minimum Gasteiger partial charge on any atom is -0.463 e. The van der Waals surface area contributed by atoms with E-state index in [4.69, 9.17) is 4.74 Å². The third kappa shape index (κ3) is 3.41. The van der Waals surface area contributed by atoms with Crippen molar-refractivity contribution in [3.8, 4) is 0 Å². The normalized spacial score (nSPS) is 28.0. The number of benzene rings is 2. The molecule has 1 saturated carbocycles. The van der Waals surface area contributed by atoms with Crippen molar-refractivity contribution in [2.75, 3.05) is 6.61 Å². The molecule has 0 heterocycles. The van der Waals surface area contributed by atoms with Gasteiger partial charge in [0.25, 0.3) is 0 Å². The maximum absolute atomic E-state index is 14.2. The molecule has 5 unspecified atom stereocenters. The summed E-state index contributed by atoms with van der Waals surface area (Å²) in [5.74, 6) is -0.564. The molecule has 0 amide bonds. The fourth-order valence-corrected chi connectivity index (χ4v) is 6.67. The van der Waals surface area contributed by atoms with Gasteiger partial charge in [-0.05, 0) is 49.0 Å². The van der Waals surface area contributed by atoms with Crippen LogP contribution in [0, 0.1) is 11.8 Å². The summed E-state index contributed by atoms with van der Waals surface area (Å²) in [6.07, 6.45) is 3.78. The van der Waals surface area contributed by atoms with E-state index in [2.05, 4.69) is 43.8 Å². The van der Waals surface area contributed by atoms with E-state index in [1.54, 1.807) is 0 Å². The van der Waals surface area contributed by atoms with Crippen LogP contribution >= 0.6 is 0 Å². The predicted molar refractivity (Wildman–Crippen MR) is 135 cm³/mol. The van der Waals surface area contributed by atoms with Gasteiger partial charge in [0, 0.05) is 29.2 Å². The fraction of sp³-hybridized carbons (Fsp3) is 0.355. The zero-order valence-corrected chi connectivity index (χ0v) is 20.2. The molecule has 0 radical (unpaired) electrons. The molecule has 5 atom stereocenters. The molecular weight excluding hydrogens is 420 g/mol. The summed E-state index contributed by atoms with van der Waals surface area (Å²) >= 11 is 0. The molecule has 1 fully saturated rings. The van der Waals surface area contributed by atoms with Crippen LogP contribution in [0.25, 0.3) is 0 Å². The van der Waals surface area contributed by atoms with Gasteiger partial charge in [-0.1, -0.05) is 85.3 Å². The first kappa shape index (κ1) is 22.6. The van der Waals surface area contributed by atoms with Crippen molar-refractivity contribution in [1.29, 1.82) is 0 Å². The molecule has 3 nitrogen and oxygen atoms in total. The van der Waals surface area contributed by atoms with Crippen LogP contribution in [0.15, 0.2) is 89.5 Å². The topological polar surface area (TPSA) is 43.4 Å². The smallest absolute Gasteiger partial charge is 0.334 e. The number of esters is 1. The third-order valence-corrected chi connectivity index (χ3v) is 8.02. The van der Waals surface area contributed by atoms with Gasteiger partial charge in [-0.25, -0.2) is 4.79 Å². The summed E-state index contributed by atoms with van der Waals surface area (Å²) in [5.41, 5.74) is 7.39. The molecule has 2 aromatic rings. The average Bonchev–Trinajstić information content (AvgIpc) is 3.30. The van der Waals surface area contributed by atoms with Crippen molar-refractivity contribution in [1.82, 2.24) is 0 Å². The van der Waals surface area contributed by atoms with Crippen LogP contribution in [0.4, 0.5) is 0 Å². The predicted octanol–water partition coefficient (Wildman–Crippen LogP) is 6.64. The first-order valence-electron chi connectivity index (χ1n) is 12.4. The number of Topliss-reactive ketones (excluding diaryl/α,β-unsaturated/α-hetero) is 1. The number of ketones is 1. The maximum Gasteiger partial charge on any atom is 0.334 e. The van der Waals surface area contributed by atoms with Crippen molar-refractivity contribution < 1.29 is 14.3 Å². The Morgan fingerprint density at radius 1 is 0.971 bits per heavy atom. The first-order chi connectivity index (χ1) is 16.5. The lowest BCUT2D eigenvalue weighted by molar-refractivity contribution is -0.139. The number of carbonyl (C=O) groups is 2. The van der Waals surface area contributed by atoms with E-state index in [1.807, 2.05) is 44.2 Å². The van der Waals surface area contributed by atoms with E-state index in [-0.39, 0.29) is 35.4 Å². The lowest BCUT2D eigenvalue weighted by atomic mass is 9.71. The minimum atomic E-state index is -0.337. The highest BCUT2D eigenvalue weighted by Gasteiger charge is 2.52. The van der Waals surface area contributed by atoms with E-state index >= 15 is 0 Å². The monoisotopic (exact) mass is 452 g/mol. The second kappa shape index (κ2) is 8.87. The van der Waals surface area contributed by atoms with E-state index in [9.17, 15) is 9.59 Å². The van der Waals surface area contributed by atoms with Crippen molar-refractivity contribution in [2.24, 2.45) is 11.8 Å². The standard InChI is InChI=1S/C31H32O3/c1-5-22-19(4)27(24-15-11-10-14-23(22)24)25-17-21-16-18(3)26(31(33)34-6-2)28(29(21)30(25)32)20-12-8-7-9-13-20/h7-16,22,25,27-29H,4-6,17H2,1-3H3. The van der Waals surface area contributed by atoms with Gasteiger partial charge < -0.3 is 4.74 Å². The highest BCUT2D eigenvalue weighted by Crippen LogP contribution is 2.57. The van der Waals surface area contributed by atoms with Crippen LogP contribution in [0.2, 0.25) is 0 Å². The zero-order chi connectivity index (χ0) is 24.0. The molecule has 0 aromatic heterocycles. The Hall–Kier alpha value is -3.20. The Morgan fingerprint density at radius 3 is 2.32 bits per heavy atom. The molecule has 2 aromatic carbocycles. The molecule has 3 aliphatic rings. The number of hydrogen-bond donors (Lipinski definition) is 0. The quantitative estimate of drug-likeness (QED) is 0.377. The summed E-state index contributed by atoms with van der Waals surface area (Å²) in [6.45, 7) is 10.8. The summed E-state index contributed by atoms with van der Waals surface area (Å²) in [7, 11) is 0. The molecular formula is C31H32O3. The minimum absolute atomic E-state index is 0.0305. The molecule has 0 aliphatic heterocycles. The number of fused-ring (bicyclic) bond motifs is 2. The lowest BCUT2D eigenvalue weighted by Gasteiger charge is -2.31. The largest absolute Gasteiger partial charge is 0.463 e. The second-order valence-corrected chi connectivity index (χ2v) is 9.76. The van der Waals surface area contributed by atoms with Crippen molar-refractivity contribution >= 4 is 11.8 Å². The number of carbonyl (C=O) groups excluding carboxylic acids is 2. The van der Waals surface area contributed by atoms with Crippen molar-refractivity contribution in [3.63, 3.8) is 0 Å². The Kier molecular flexibility index (Phi) is 5.89. The van der Waals surface area contributed by atoms with Crippen LogP contribution in [0.5, 0.6) is 0 Å². The molecule has 0 spiro atoms. The highest BCUT2D eigenvalue weighted by molar-refractivity contribution is 5.99. The molecule has 34 heavy (non-hydrogen) atoms. The Labute approximate surface area is 202 Å². The summed E-state index contributed by atoms with van der Waals surface area (Å²) in [6, 6.07) is 18.5. The zero-order valence-electron chi connectivity index (χ0n) is 20.2. The van der Waals surface area contributed by atoms with Crippen molar-refractivity contribution in [3.05, 3.63) is 106 Å². The average molecular weight is 453 g/mol. The highest BCUT2D eigenvalue weighted by atomic mass is 16.5. The van der Waals surface area contributed by atoms with Crippen molar-refractivity contribution in [2.45, 2.75) is 51.4 Å². The summed E-state index contributed by atoms with van der Waals surface area (Å²) < 4.78 is 5.45. The van der Waals surface area contributed by atoms with Crippen LogP contribution in [0.3, 0.4) is 0 Å². The van der Waals surface area contributed by atoms with Crippen LogP contribution in [-0.4, -0.2) is 18.4 Å². The summed E-state index contributed by atoms with van der Waals surface area (Å²) in [5, 5.41) is 0. The molecule has 3 aliphatic carbocycles. The number of ether oxygens (including phenoxy) is 1. The molecule has 3 heteroatoms. The van der Waals surface area contributed by atoms with Gasteiger partial charge in [0.1, 0.15) is 5.78 Å². The fourth-order valence-electron chi connectivity index (χ4n) is 6.67. The van der Waals surface area contributed by atoms with Gasteiger partial charge in [0.05, 0.1) is 12.5 Å². The number of hydrogen-bond acceptors (Lipinski definition) is 3. The molecule has 0 N–H and O–H groups in total. The molecule has 174 valence electrons. The van der Waals surface area contributed by atoms with Gasteiger partial charge in [-0.2, -0.15) is 0 Å². The number of rotatable bonds is 5. The van der Waals surface area contributed by atoms with E-state index in [0.29, 0.717) is 24.5 Å². The molecule has 0 bridgehead atoms. The lowest BCUT2D eigenvalue weighted by Crippen LogP contribution is -2.30. The van der Waals surface area contributed by atoms with Crippen LogP contribution in [-0.2, 0) is 14.3 Å². The van der Waals surface area contributed by atoms with E-state index in [0.717, 1.165) is 28.7 Å². The van der Waals surface area contributed by atoms with E-state index in [1.165, 1.54) is 11.1 Å². The third-order valence-electron chi connectivity index (χ3n) is 8.02. The maximum atomic E-state index is 14.2. The summed E-state index contributed by atoms with van der Waals surface area (Å²) in [4.78, 5) is 27.3.